The molecule has 0 aromatic heterocycles. The van der Waals surface area contributed by atoms with Gasteiger partial charge in [0.05, 0.1) is 0 Å². The van der Waals surface area contributed by atoms with Gasteiger partial charge in [-0.15, -0.1) is 0 Å². The lowest BCUT2D eigenvalue weighted by Gasteiger charge is -2.40. The van der Waals surface area contributed by atoms with Crippen molar-refractivity contribution in [2.24, 2.45) is 5.92 Å². The molecule has 1 saturated carbocycles. The van der Waals surface area contributed by atoms with Crippen molar-refractivity contribution >= 4 is 6.09 Å². The van der Waals surface area contributed by atoms with Crippen LogP contribution in [0.1, 0.15) is 52.9 Å². The molecule has 18 heavy (non-hydrogen) atoms. The van der Waals surface area contributed by atoms with E-state index in [0.717, 1.165) is 38.6 Å². The van der Waals surface area contributed by atoms with Gasteiger partial charge in [-0.25, -0.2) is 4.79 Å². The zero-order chi connectivity index (χ0) is 13.4. The molecule has 0 aromatic rings. The number of amides is 1. The Morgan fingerprint density at radius 3 is 2.61 bits per heavy atom. The predicted octanol–water partition coefficient (Wildman–Crippen LogP) is 2.55. The third-order valence-corrected chi connectivity index (χ3v) is 3.98. The zero-order valence-electron chi connectivity index (χ0n) is 11.7. The molecule has 0 aromatic carbocycles. The average molecular weight is 255 g/mol. The molecule has 0 radical (unpaired) electrons. The summed E-state index contributed by atoms with van der Waals surface area (Å²) >= 11 is 0. The molecule has 4 heteroatoms. The van der Waals surface area contributed by atoms with Gasteiger partial charge in [0.2, 0.25) is 0 Å². The fourth-order valence-corrected chi connectivity index (χ4v) is 2.95. The Morgan fingerprint density at radius 2 is 2.11 bits per heavy atom. The largest absolute Gasteiger partial charge is 0.444 e. The average Bonchev–Trinajstić information content (AvgIpc) is 2.96. The van der Waals surface area contributed by atoms with E-state index in [0.29, 0.717) is 5.92 Å². The van der Waals surface area contributed by atoms with Crippen LogP contribution in [0.4, 0.5) is 4.79 Å². The van der Waals surface area contributed by atoms with Gasteiger partial charge in [-0.1, -0.05) is 0 Å². The third-order valence-electron chi connectivity index (χ3n) is 3.98. The van der Waals surface area contributed by atoms with E-state index in [-0.39, 0.29) is 18.2 Å². The van der Waals surface area contributed by atoms with Gasteiger partial charge in [-0.05, 0) is 58.8 Å². The summed E-state index contributed by atoms with van der Waals surface area (Å²) in [6, 6.07) is 0. The molecule has 1 aliphatic carbocycles. The fourth-order valence-electron chi connectivity index (χ4n) is 2.95. The van der Waals surface area contributed by atoms with Gasteiger partial charge >= 0.3 is 6.09 Å². The van der Waals surface area contributed by atoms with E-state index in [1.807, 2.05) is 25.7 Å². The van der Waals surface area contributed by atoms with E-state index >= 15 is 0 Å². The van der Waals surface area contributed by atoms with Crippen molar-refractivity contribution in [3.63, 3.8) is 0 Å². The van der Waals surface area contributed by atoms with Crippen molar-refractivity contribution in [1.82, 2.24) is 4.90 Å². The minimum absolute atomic E-state index is 0.0560. The molecule has 2 aliphatic rings. The Morgan fingerprint density at radius 1 is 1.44 bits per heavy atom. The highest BCUT2D eigenvalue weighted by Crippen LogP contribution is 2.50. The molecule has 1 saturated heterocycles. The van der Waals surface area contributed by atoms with Crippen LogP contribution in [0, 0.1) is 5.92 Å². The topological polar surface area (TPSA) is 49.8 Å². The number of carbonyl (C=O) groups excluding carboxylic acids is 1. The van der Waals surface area contributed by atoms with Crippen molar-refractivity contribution < 1.29 is 14.6 Å². The second-order valence-corrected chi connectivity index (χ2v) is 6.73. The highest BCUT2D eigenvalue weighted by molar-refractivity contribution is 5.70. The molecule has 4 nitrogen and oxygen atoms in total. The molecule has 2 rings (SSSR count). The van der Waals surface area contributed by atoms with Crippen molar-refractivity contribution in [2.75, 3.05) is 13.2 Å². The zero-order valence-corrected chi connectivity index (χ0v) is 11.7. The molecule has 1 unspecified atom stereocenters. The molecule has 2 fully saturated rings. The molecule has 1 heterocycles. The summed E-state index contributed by atoms with van der Waals surface area (Å²) in [5, 5.41) is 9.03. The van der Waals surface area contributed by atoms with Gasteiger partial charge < -0.3 is 14.7 Å². The second-order valence-electron chi connectivity index (χ2n) is 6.73. The molecule has 1 spiro atoms. The summed E-state index contributed by atoms with van der Waals surface area (Å²) in [6.07, 6.45) is 4.91. The maximum atomic E-state index is 12.2. The van der Waals surface area contributed by atoms with E-state index < -0.39 is 5.60 Å². The first-order chi connectivity index (χ1) is 8.36. The summed E-state index contributed by atoms with van der Waals surface area (Å²) in [5.41, 5.74) is -0.366. The maximum absolute atomic E-state index is 12.2. The van der Waals surface area contributed by atoms with Crippen molar-refractivity contribution in [1.29, 1.82) is 0 Å². The van der Waals surface area contributed by atoms with Crippen LogP contribution in [0.2, 0.25) is 0 Å². The summed E-state index contributed by atoms with van der Waals surface area (Å²) in [6.45, 7) is 6.75. The molecule has 1 aliphatic heterocycles. The maximum Gasteiger partial charge on any atom is 0.410 e. The summed E-state index contributed by atoms with van der Waals surface area (Å²) in [5.74, 6) is 0.566. The Bertz CT molecular complexity index is 317. The highest BCUT2D eigenvalue weighted by atomic mass is 16.6. The first-order valence-corrected chi connectivity index (χ1v) is 6.98. The lowest BCUT2D eigenvalue weighted by molar-refractivity contribution is -0.00161. The number of ether oxygens (including phenoxy) is 1. The number of hydrogen-bond acceptors (Lipinski definition) is 3. The molecular formula is C14H25NO3. The number of rotatable bonds is 2. The number of carbonyl (C=O) groups is 1. The minimum Gasteiger partial charge on any atom is -0.444 e. The van der Waals surface area contributed by atoms with Gasteiger partial charge in [0.25, 0.3) is 0 Å². The number of hydrogen-bond donors (Lipinski definition) is 1. The SMILES string of the molecule is CC(C)(C)OC(=O)N1CCC(CCO)CC12CC2. The lowest BCUT2D eigenvalue weighted by atomic mass is 9.87. The molecule has 1 amide bonds. The van der Waals surface area contributed by atoms with Crippen LogP contribution < -0.4 is 0 Å². The highest BCUT2D eigenvalue weighted by Gasteiger charge is 2.54. The van der Waals surface area contributed by atoms with Crippen molar-refractivity contribution in [3.05, 3.63) is 0 Å². The number of piperidine rings is 1. The van der Waals surface area contributed by atoms with Gasteiger partial charge in [-0.3, -0.25) is 0 Å². The van der Waals surface area contributed by atoms with Gasteiger partial charge in [-0.2, -0.15) is 0 Å². The third kappa shape index (κ3) is 2.97. The summed E-state index contributed by atoms with van der Waals surface area (Å²) in [4.78, 5) is 14.1. The van der Waals surface area contributed by atoms with Gasteiger partial charge in [0, 0.05) is 18.7 Å². The Hall–Kier alpha value is -0.770. The summed E-state index contributed by atoms with van der Waals surface area (Å²) in [7, 11) is 0. The summed E-state index contributed by atoms with van der Waals surface area (Å²) < 4.78 is 5.49. The van der Waals surface area contributed by atoms with E-state index in [9.17, 15) is 4.79 Å². The Labute approximate surface area is 109 Å². The standard InChI is InChI=1S/C14H25NO3/c1-13(2,3)18-12(17)15-8-4-11(5-9-16)10-14(15)6-7-14/h11,16H,4-10H2,1-3H3. The van der Waals surface area contributed by atoms with Crippen LogP contribution in [-0.4, -0.2) is 40.4 Å². The quantitative estimate of drug-likeness (QED) is 0.825. The molecule has 104 valence electrons. The van der Waals surface area contributed by atoms with E-state index in [1.165, 1.54) is 0 Å². The van der Waals surface area contributed by atoms with Crippen LogP contribution in [0.5, 0.6) is 0 Å². The smallest absolute Gasteiger partial charge is 0.410 e. The number of aliphatic hydroxyl groups is 1. The van der Waals surface area contributed by atoms with Crippen molar-refractivity contribution in [2.45, 2.75) is 64.0 Å². The number of nitrogens with zero attached hydrogens (tertiary/aromatic N) is 1. The molecule has 0 bridgehead atoms. The van der Waals surface area contributed by atoms with Crippen LogP contribution in [0.15, 0.2) is 0 Å². The lowest BCUT2D eigenvalue weighted by Crippen LogP contribution is -2.49. The van der Waals surface area contributed by atoms with E-state index in [4.69, 9.17) is 9.84 Å². The fraction of sp³-hybridized carbons (Fsp3) is 0.929. The van der Waals surface area contributed by atoms with E-state index in [1.54, 1.807) is 0 Å². The number of likely N-dealkylation sites (tertiary alicyclic amines) is 1. The van der Waals surface area contributed by atoms with Gasteiger partial charge in [0.15, 0.2) is 0 Å². The van der Waals surface area contributed by atoms with Crippen LogP contribution >= 0.6 is 0 Å². The monoisotopic (exact) mass is 255 g/mol. The Balaban J connectivity index is 1.97. The van der Waals surface area contributed by atoms with Crippen LogP contribution in [0.25, 0.3) is 0 Å². The van der Waals surface area contributed by atoms with Gasteiger partial charge in [0.1, 0.15) is 5.60 Å². The predicted molar refractivity (Wildman–Crippen MR) is 69.3 cm³/mol. The Kier molecular flexibility index (Phi) is 3.58. The van der Waals surface area contributed by atoms with Crippen molar-refractivity contribution in [3.8, 4) is 0 Å². The normalized spacial score (nSPS) is 26.2. The van der Waals surface area contributed by atoms with Crippen LogP contribution in [0.3, 0.4) is 0 Å². The second kappa shape index (κ2) is 4.72. The molecule has 1 N–H and O–H groups in total. The minimum atomic E-state index is -0.422. The molecular weight excluding hydrogens is 230 g/mol. The van der Waals surface area contributed by atoms with E-state index in [2.05, 4.69) is 0 Å². The van der Waals surface area contributed by atoms with Crippen LogP contribution in [-0.2, 0) is 4.74 Å². The first-order valence-electron chi connectivity index (χ1n) is 6.98. The molecule has 1 atom stereocenters. The first kappa shape index (κ1) is 13.7. The number of aliphatic hydroxyl groups excluding tert-OH is 1.